The fourth-order valence-electron chi connectivity index (χ4n) is 2.39. The van der Waals surface area contributed by atoms with Crippen molar-refractivity contribution in [1.29, 1.82) is 0 Å². The molecule has 0 saturated heterocycles. The van der Waals surface area contributed by atoms with E-state index in [9.17, 15) is 4.79 Å². The van der Waals surface area contributed by atoms with Crippen molar-refractivity contribution in [3.05, 3.63) is 47.9 Å². The zero-order valence-electron chi connectivity index (χ0n) is 12.3. The number of hydrogen-bond acceptors (Lipinski definition) is 3. The summed E-state index contributed by atoms with van der Waals surface area (Å²) in [7, 11) is 1.81. The molecular formula is C16H17N3O2. The lowest BCUT2D eigenvalue weighted by Crippen LogP contribution is -2.09. The summed E-state index contributed by atoms with van der Waals surface area (Å²) in [6.07, 6.45) is 3.67. The molecule has 21 heavy (non-hydrogen) atoms. The number of aromatic nitrogens is 3. The molecule has 0 N–H and O–H groups in total. The molecule has 5 nitrogen and oxygen atoms in total. The fraction of sp³-hybridized carbons (Fsp3) is 0.250. The Balaban J connectivity index is 2.05. The predicted octanol–water partition coefficient (Wildman–Crippen LogP) is 2.82. The van der Waals surface area contributed by atoms with Crippen LogP contribution in [0.2, 0.25) is 0 Å². The van der Waals surface area contributed by atoms with Crippen molar-refractivity contribution in [2.75, 3.05) is 6.61 Å². The summed E-state index contributed by atoms with van der Waals surface area (Å²) in [5, 5.41) is 0. The quantitative estimate of drug-likeness (QED) is 0.694. The number of rotatable bonds is 3. The molecule has 0 aliphatic rings. The first-order valence-corrected chi connectivity index (χ1v) is 6.88. The van der Waals surface area contributed by atoms with Crippen LogP contribution in [0.1, 0.15) is 23.0 Å². The lowest BCUT2D eigenvalue weighted by Gasteiger charge is -2.02. The lowest BCUT2D eigenvalue weighted by molar-refractivity contribution is 0.0515. The molecule has 0 atom stereocenters. The van der Waals surface area contributed by atoms with Crippen molar-refractivity contribution < 1.29 is 9.53 Å². The van der Waals surface area contributed by atoms with Crippen molar-refractivity contribution in [2.45, 2.75) is 13.8 Å². The number of benzene rings is 1. The fourth-order valence-corrected chi connectivity index (χ4v) is 2.39. The maximum absolute atomic E-state index is 11.8. The number of esters is 1. The summed E-state index contributed by atoms with van der Waals surface area (Å²) >= 11 is 0. The van der Waals surface area contributed by atoms with E-state index in [1.807, 2.05) is 29.8 Å². The molecule has 108 valence electrons. The summed E-state index contributed by atoms with van der Waals surface area (Å²) in [4.78, 5) is 16.5. The Morgan fingerprint density at radius 2 is 2.14 bits per heavy atom. The lowest BCUT2D eigenvalue weighted by atomic mass is 10.1. The van der Waals surface area contributed by atoms with Gasteiger partial charge in [-0.25, -0.2) is 9.78 Å². The monoisotopic (exact) mass is 283 g/mol. The molecule has 3 rings (SSSR count). The average molecular weight is 283 g/mol. The minimum absolute atomic E-state index is 0.331. The summed E-state index contributed by atoms with van der Waals surface area (Å²) in [5.74, 6) is 0.386. The van der Waals surface area contributed by atoms with Crippen LogP contribution in [0.3, 0.4) is 0 Å². The van der Waals surface area contributed by atoms with E-state index >= 15 is 0 Å². The number of imidazole rings is 2. The predicted molar refractivity (Wildman–Crippen MR) is 80.3 cm³/mol. The van der Waals surface area contributed by atoms with Gasteiger partial charge in [0.2, 0.25) is 5.78 Å². The van der Waals surface area contributed by atoms with Gasteiger partial charge in [-0.2, -0.15) is 0 Å². The highest BCUT2D eigenvalue weighted by Gasteiger charge is 2.17. The van der Waals surface area contributed by atoms with Gasteiger partial charge in [0.25, 0.3) is 0 Å². The van der Waals surface area contributed by atoms with Gasteiger partial charge in [-0.15, -0.1) is 0 Å². The molecule has 0 bridgehead atoms. The second-order valence-corrected chi connectivity index (χ2v) is 5.00. The van der Waals surface area contributed by atoms with E-state index in [0.29, 0.717) is 12.3 Å². The van der Waals surface area contributed by atoms with Crippen molar-refractivity contribution in [1.82, 2.24) is 14.0 Å². The van der Waals surface area contributed by atoms with Crippen LogP contribution in [-0.4, -0.2) is 26.5 Å². The van der Waals surface area contributed by atoms with E-state index in [1.165, 1.54) is 5.56 Å². The smallest absolute Gasteiger partial charge is 0.356 e. The third-order valence-electron chi connectivity index (χ3n) is 3.43. The third-order valence-corrected chi connectivity index (χ3v) is 3.43. The number of nitrogens with zero attached hydrogens (tertiary/aromatic N) is 3. The van der Waals surface area contributed by atoms with Gasteiger partial charge in [0.1, 0.15) is 5.69 Å². The van der Waals surface area contributed by atoms with Gasteiger partial charge in [-0.3, -0.25) is 4.40 Å². The van der Waals surface area contributed by atoms with Gasteiger partial charge in [-0.05, 0) is 19.9 Å². The molecule has 2 heterocycles. The minimum atomic E-state index is -0.331. The van der Waals surface area contributed by atoms with Crippen molar-refractivity contribution in [3.63, 3.8) is 0 Å². The molecule has 5 heteroatoms. The van der Waals surface area contributed by atoms with Crippen LogP contribution < -0.4 is 0 Å². The van der Waals surface area contributed by atoms with E-state index < -0.39 is 0 Å². The topological polar surface area (TPSA) is 48.5 Å². The van der Waals surface area contributed by atoms with Crippen LogP contribution >= 0.6 is 0 Å². The van der Waals surface area contributed by atoms with Gasteiger partial charge >= 0.3 is 5.97 Å². The molecule has 0 aliphatic heterocycles. The Labute approximate surface area is 122 Å². The number of fused-ring (bicyclic) bond motifs is 1. The van der Waals surface area contributed by atoms with E-state index in [0.717, 1.165) is 17.0 Å². The Morgan fingerprint density at radius 1 is 1.33 bits per heavy atom. The van der Waals surface area contributed by atoms with E-state index in [2.05, 4.69) is 24.0 Å². The van der Waals surface area contributed by atoms with Crippen molar-refractivity contribution in [2.24, 2.45) is 7.05 Å². The van der Waals surface area contributed by atoms with Crippen LogP contribution in [-0.2, 0) is 11.8 Å². The number of carbonyl (C=O) groups excluding carboxylic acids is 1. The van der Waals surface area contributed by atoms with Crippen LogP contribution in [0, 0.1) is 6.92 Å². The maximum atomic E-state index is 11.8. The highest BCUT2D eigenvalue weighted by Crippen LogP contribution is 2.21. The number of aryl methyl sites for hydroxylation is 2. The molecule has 0 fully saturated rings. The van der Waals surface area contributed by atoms with Gasteiger partial charge < -0.3 is 9.30 Å². The summed E-state index contributed by atoms with van der Waals surface area (Å²) in [6, 6.07) is 8.19. The molecule has 0 saturated carbocycles. The number of carbonyl (C=O) groups is 1. The van der Waals surface area contributed by atoms with Gasteiger partial charge in [-0.1, -0.05) is 23.8 Å². The van der Waals surface area contributed by atoms with E-state index in [-0.39, 0.29) is 5.97 Å². The first-order valence-electron chi connectivity index (χ1n) is 6.88. The molecular weight excluding hydrogens is 266 g/mol. The molecule has 0 aliphatic carbocycles. The first-order chi connectivity index (χ1) is 10.1. The minimum Gasteiger partial charge on any atom is -0.461 e. The van der Waals surface area contributed by atoms with Crippen molar-refractivity contribution in [3.8, 4) is 11.3 Å². The van der Waals surface area contributed by atoms with Crippen molar-refractivity contribution >= 4 is 11.7 Å². The average Bonchev–Trinajstić information content (AvgIpc) is 2.99. The number of ether oxygens (including phenoxy) is 1. The summed E-state index contributed by atoms with van der Waals surface area (Å²) in [5.41, 5.74) is 3.64. The molecule has 1 aromatic carbocycles. The van der Waals surface area contributed by atoms with Gasteiger partial charge in [0.05, 0.1) is 12.3 Å². The molecule has 0 amide bonds. The van der Waals surface area contributed by atoms with Crippen LogP contribution in [0.15, 0.2) is 36.7 Å². The molecule has 2 aromatic heterocycles. The zero-order valence-corrected chi connectivity index (χ0v) is 12.3. The standard InChI is InChI=1S/C16H17N3O2/c1-4-21-15(20)14-10-19-9-13(17-16(19)18(14)3)12-7-5-6-11(2)8-12/h5-10H,4H2,1-3H3. The Bertz CT molecular complexity index is 814. The zero-order chi connectivity index (χ0) is 15.0. The third kappa shape index (κ3) is 2.31. The van der Waals surface area contributed by atoms with Crippen LogP contribution in [0.4, 0.5) is 0 Å². The van der Waals surface area contributed by atoms with Gasteiger partial charge in [0.15, 0.2) is 0 Å². The van der Waals surface area contributed by atoms with E-state index in [4.69, 9.17) is 4.74 Å². The SMILES string of the molecule is CCOC(=O)c1cn2cc(-c3cccc(C)c3)nc2n1C. The highest BCUT2D eigenvalue weighted by molar-refractivity contribution is 5.88. The second kappa shape index (κ2) is 5.09. The van der Waals surface area contributed by atoms with Crippen LogP contribution in [0.25, 0.3) is 17.0 Å². The van der Waals surface area contributed by atoms with Crippen LogP contribution in [0.5, 0.6) is 0 Å². The summed E-state index contributed by atoms with van der Waals surface area (Å²) in [6.45, 7) is 4.21. The molecule has 0 unspecified atom stereocenters. The summed E-state index contributed by atoms with van der Waals surface area (Å²) < 4.78 is 8.64. The normalized spacial score (nSPS) is 11.0. The highest BCUT2D eigenvalue weighted by atomic mass is 16.5. The first kappa shape index (κ1) is 13.4. The molecule has 0 radical (unpaired) electrons. The largest absolute Gasteiger partial charge is 0.461 e. The van der Waals surface area contributed by atoms with E-state index in [1.54, 1.807) is 17.7 Å². The second-order valence-electron chi connectivity index (χ2n) is 5.00. The Morgan fingerprint density at radius 3 is 2.81 bits per heavy atom. The molecule has 0 spiro atoms. The Hall–Kier alpha value is -2.56. The number of hydrogen-bond donors (Lipinski definition) is 0. The Kier molecular flexibility index (Phi) is 3.25. The van der Waals surface area contributed by atoms with Gasteiger partial charge in [0, 0.05) is 25.0 Å². The maximum Gasteiger partial charge on any atom is 0.356 e. The molecule has 3 aromatic rings.